The molecular formula is C15H23N3O3S. The summed E-state index contributed by atoms with van der Waals surface area (Å²) in [5.41, 5.74) is -1.20. The largest absolute Gasteiger partial charge is 0.444 e. The van der Waals surface area contributed by atoms with Crippen LogP contribution in [0.4, 0.5) is 4.79 Å². The molecule has 2 heterocycles. The van der Waals surface area contributed by atoms with Crippen LogP contribution in [0.3, 0.4) is 0 Å². The van der Waals surface area contributed by atoms with Gasteiger partial charge in [0.1, 0.15) is 16.4 Å². The van der Waals surface area contributed by atoms with Gasteiger partial charge >= 0.3 is 6.09 Å². The molecule has 7 heteroatoms. The molecule has 2 rings (SSSR count). The second-order valence-electron chi connectivity index (χ2n) is 6.62. The first-order chi connectivity index (χ1) is 10.2. The summed E-state index contributed by atoms with van der Waals surface area (Å²) in [5.74, 6) is 0.682. The Hall–Kier alpha value is -1.34. The lowest BCUT2D eigenvalue weighted by molar-refractivity contribution is -0.0617. The van der Waals surface area contributed by atoms with Crippen LogP contribution >= 0.6 is 11.8 Å². The molecule has 0 N–H and O–H groups in total. The highest BCUT2D eigenvalue weighted by atomic mass is 32.2. The van der Waals surface area contributed by atoms with Gasteiger partial charge in [-0.15, -0.1) is 11.8 Å². The zero-order valence-electron chi connectivity index (χ0n) is 13.7. The molecule has 0 unspecified atom stereocenters. The van der Waals surface area contributed by atoms with Crippen molar-refractivity contribution in [2.45, 2.75) is 57.0 Å². The highest BCUT2D eigenvalue weighted by molar-refractivity contribution is 7.99. The van der Waals surface area contributed by atoms with Crippen LogP contribution in [-0.2, 0) is 9.47 Å². The normalized spacial score (nSPS) is 21.0. The minimum atomic E-state index is -0.671. The lowest BCUT2D eigenvalue weighted by Crippen LogP contribution is -2.50. The number of nitrogens with zero attached hydrogens (tertiary/aromatic N) is 3. The number of rotatable bonds is 3. The summed E-state index contributed by atoms with van der Waals surface area (Å²) in [4.78, 5) is 22.4. The van der Waals surface area contributed by atoms with Crippen molar-refractivity contribution in [1.29, 1.82) is 0 Å². The fraction of sp³-hybridized carbons (Fsp3) is 0.667. The number of carbonyl (C=O) groups excluding carboxylic acids is 1. The van der Waals surface area contributed by atoms with Gasteiger partial charge in [0.2, 0.25) is 0 Å². The molecule has 0 aliphatic carbocycles. The van der Waals surface area contributed by atoms with E-state index in [1.54, 1.807) is 35.3 Å². The number of carbonyl (C=O) groups is 1. The van der Waals surface area contributed by atoms with Crippen molar-refractivity contribution in [2.75, 3.05) is 12.4 Å². The van der Waals surface area contributed by atoms with Crippen LogP contribution in [0, 0.1) is 0 Å². The molecule has 0 bridgehead atoms. The van der Waals surface area contributed by atoms with Crippen molar-refractivity contribution >= 4 is 17.9 Å². The Morgan fingerprint density at radius 3 is 2.82 bits per heavy atom. The fourth-order valence-corrected chi connectivity index (χ4v) is 3.11. The van der Waals surface area contributed by atoms with E-state index in [4.69, 9.17) is 9.47 Å². The maximum Gasteiger partial charge on any atom is 0.412 e. The van der Waals surface area contributed by atoms with Crippen LogP contribution in [0.5, 0.6) is 0 Å². The summed E-state index contributed by atoms with van der Waals surface area (Å²) < 4.78 is 11.3. The Kier molecular flexibility index (Phi) is 4.97. The van der Waals surface area contributed by atoms with Gasteiger partial charge in [-0.05, 0) is 34.6 Å². The summed E-state index contributed by atoms with van der Waals surface area (Å²) >= 11 is 1.55. The summed E-state index contributed by atoms with van der Waals surface area (Å²) in [6.45, 7) is 9.82. The minimum Gasteiger partial charge on any atom is -0.444 e. The molecule has 1 fully saturated rings. The molecule has 1 aromatic rings. The topological polar surface area (TPSA) is 64.5 Å². The molecule has 1 aromatic heterocycles. The van der Waals surface area contributed by atoms with Gasteiger partial charge in [0.15, 0.2) is 0 Å². The number of ether oxygens (including phenoxy) is 2. The molecule has 22 heavy (non-hydrogen) atoms. The van der Waals surface area contributed by atoms with Gasteiger partial charge in [-0.3, -0.25) is 9.88 Å². The van der Waals surface area contributed by atoms with E-state index in [0.717, 1.165) is 5.03 Å². The van der Waals surface area contributed by atoms with Crippen LogP contribution in [0.2, 0.25) is 0 Å². The molecule has 0 radical (unpaired) electrons. The van der Waals surface area contributed by atoms with Crippen molar-refractivity contribution in [2.24, 2.45) is 0 Å². The maximum atomic E-state index is 12.5. The van der Waals surface area contributed by atoms with Crippen LogP contribution in [0.25, 0.3) is 0 Å². The quantitative estimate of drug-likeness (QED) is 0.796. The lowest BCUT2D eigenvalue weighted by atomic mass is 10.2. The summed E-state index contributed by atoms with van der Waals surface area (Å²) in [7, 11) is 0. The predicted octanol–water partition coefficient (Wildman–Crippen LogP) is 2.94. The Bertz CT molecular complexity index is 517. The molecule has 0 aromatic carbocycles. The maximum absolute atomic E-state index is 12.5. The van der Waals surface area contributed by atoms with Gasteiger partial charge in [0.25, 0.3) is 0 Å². The standard InChI is InChI=1S/C15H23N3O3S/c1-14(2,3)21-13(19)18-11(9-20-15(18,4)5)10-22-12-8-16-6-7-17-12/h6-8,11H,9-10H2,1-5H3/t11-/m1/s1. The Balaban J connectivity index is 2.04. The zero-order chi connectivity index (χ0) is 16.4. The van der Waals surface area contributed by atoms with E-state index in [1.807, 2.05) is 34.6 Å². The molecule has 0 spiro atoms. The molecule has 1 aliphatic rings. The fourth-order valence-electron chi connectivity index (χ4n) is 2.23. The molecule has 1 amide bonds. The Labute approximate surface area is 135 Å². The van der Waals surface area contributed by atoms with E-state index >= 15 is 0 Å². The number of hydrogen-bond donors (Lipinski definition) is 0. The first-order valence-electron chi connectivity index (χ1n) is 7.24. The number of thioether (sulfide) groups is 1. The van der Waals surface area contributed by atoms with Crippen molar-refractivity contribution in [3.05, 3.63) is 18.6 Å². The van der Waals surface area contributed by atoms with E-state index in [9.17, 15) is 4.79 Å². The molecule has 1 atom stereocenters. The average Bonchev–Trinajstić information content (AvgIpc) is 2.71. The Morgan fingerprint density at radius 2 is 2.23 bits per heavy atom. The highest BCUT2D eigenvalue weighted by Gasteiger charge is 2.45. The number of hydrogen-bond acceptors (Lipinski definition) is 6. The van der Waals surface area contributed by atoms with Gasteiger partial charge in [-0.2, -0.15) is 0 Å². The van der Waals surface area contributed by atoms with E-state index in [1.165, 1.54) is 0 Å². The molecule has 0 saturated carbocycles. The second kappa shape index (κ2) is 6.42. The second-order valence-corrected chi connectivity index (χ2v) is 7.66. The first-order valence-corrected chi connectivity index (χ1v) is 8.23. The van der Waals surface area contributed by atoms with Gasteiger partial charge in [-0.25, -0.2) is 9.78 Å². The molecule has 1 aliphatic heterocycles. The number of amides is 1. The van der Waals surface area contributed by atoms with E-state index in [0.29, 0.717) is 12.4 Å². The SMILES string of the molecule is CC(C)(C)OC(=O)N1[C@@H](CSc2cnccn2)COC1(C)C. The highest BCUT2D eigenvalue weighted by Crippen LogP contribution is 2.32. The Morgan fingerprint density at radius 1 is 1.50 bits per heavy atom. The number of aromatic nitrogens is 2. The predicted molar refractivity (Wildman–Crippen MR) is 84.6 cm³/mol. The van der Waals surface area contributed by atoms with Gasteiger partial charge in [0, 0.05) is 18.1 Å². The monoisotopic (exact) mass is 325 g/mol. The lowest BCUT2D eigenvalue weighted by Gasteiger charge is -2.35. The molecule has 122 valence electrons. The van der Waals surface area contributed by atoms with E-state index in [2.05, 4.69) is 9.97 Å². The average molecular weight is 325 g/mol. The molecule has 6 nitrogen and oxygen atoms in total. The van der Waals surface area contributed by atoms with Crippen LogP contribution in [0.1, 0.15) is 34.6 Å². The smallest absolute Gasteiger partial charge is 0.412 e. The van der Waals surface area contributed by atoms with Crippen molar-refractivity contribution in [1.82, 2.24) is 14.9 Å². The van der Waals surface area contributed by atoms with Gasteiger partial charge in [0.05, 0.1) is 18.8 Å². The van der Waals surface area contributed by atoms with E-state index in [-0.39, 0.29) is 12.1 Å². The summed E-state index contributed by atoms with van der Waals surface area (Å²) in [6, 6.07) is -0.0585. The molecule has 1 saturated heterocycles. The third-order valence-corrected chi connectivity index (χ3v) is 4.19. The van der Waals surface area contributed by atoms with Crippen LogP contribution in [0.15, 0.2) is 23.6 Å². The molecular weight excluding hydrogens is 302 g/mol. The van der Waals surface area contributed by atoms with E-state index < -0.39 is 11.3 Å². The third-order valence-electron chi connectivity index (χ3n) is 3.13. The van der Waals surface area contributed by atoms with Gasteiger partial charge in [-0.1, -0.05) is 0 Å². The van der Waals surface area contributed by atoms with Crippen LogP contribution < -0.4 is 0 Å². The minimum absolute atomic E-state index is 0.0585. The van der Waals surface area contributed by atoms with Crippen molar-refractivity contribution in [3.63, 3.8) is 0 Å². The van der Waals surface area contributed by atoms with Crippen molar-refractivity contribution in [3.8, 4) is 0 Å². The van der Waals surface area contributed by atoms with Crippen LogP contribution in [-0.4, -0.2) is 50.7 Å². The summed E-state index contributed by atoms with van der Waals surface area (Å²) in [5, 5.41) is 0.830. The first kappa shape index (κ1) is 17.0. The van der Waals surface area contributed by atoms with Gasteiger partial charge < -0.3 is 9.47 Å². The van der Waals surface area contributed by atoms with Crippen molar-refractivity contribution < 1.29 is 14.3 Å². The third kappa shape index (κ3) is 4.33. The zero-order valence-corrected chi connectivity index (χ0v) is 14.5. The summed E-state index contributed by atoms with van der Waals surface area (Å²) in [6.07, 6.45) is 4.66.